The molecule has 0 aromatic carbocycles. The Bertz CT molecular complexity index is 269. The molecule has 0 saturated heterocycles. The summed E-state index contributed by atoms with van der Waals surface area (Å²) < 4.78 is 4.97. The number of nitrogens with two attached hydrogens (primary N) is 1. The van der Waals surface area contributed by atoms with E-state index in [1.165, 1.54) is 25.7 Å². The standard InChI is InChI=1S/C12H24N4O/c1-17-5-4-14-12(16-13)15-8-11-7-9-2-3-10(11)6-9/h9-11H,2-8,13H2,1H3,(H2,14,15,16). The summed E-state index contributed by atoms with van der Waals surface area (Å²) >= 11 is 0. The Balaban J connectivity index is 1.73. The minimum atomic E-state index is 0.662. The van der Waals surface area contributed by atoms with Crippen molar-refractivity contribution in [1.82, 2.24) is 10.7 Å². The fraction of sp³-hybridized carbons (Fsp3) is 0.917. The molecule has 3 atom stereocenters. The Labute approximate surface area is 103 Å². The van der Waals surface area contributed by atoms with Gasteiger partial charge in [0.2, 0.25) is 5.96 Å². The molecule has 4 N–H and O–H groups in total. The van der Waals surface area contributed by atoms with Crippen LogP contribution in [-0.4, -0.2) is 32.8 Å². The molecule has 2 fully saturated rings. The average Bonchev–Trinajstić information content (AvgIpc) is 2.95. The number of hydrogen-bond donors (Lipinski definition) is 3. The van der Waals surface area contributed by atoms with Crippen LogP contribution < -0.4 is 16.6 Å². The molecule has 3 unspecified atom stereocenters. The minimum absolute atomic E-state index is 0.662. The fourth-order valence-electron chi connectivity index (χ4n) is 3.23. The second kappa shape index (κ2) is 6.21. The highest BCUT2D eigenvalue weighted by Crippen LogP contribution is 2.48. The van der Waals surface area contributed by atoms with E-state index in [0.717, 1.165) is 30.8 Å². The number of aliphatic imine (C=N–C) groups is 1. The molecular weight excluding hydrogens is 216 g/mol. The summed E-state index contributed by atoms with van der Waals surface area (Å²) in [7, 11) is 1.68. The van der Waals surface area contributed by atoms with Crippen LogP contribution in [0.2, 0.25) is 0 Å². The molecule has 0 spiro atoms. The average molecular weight is 240 g/mol. The largest absolute Gasteiger partial charge is 0.383 e. The molecule has 0 heterocycles. The maximum atomic E-state index is 5.43. The molecule has 2 rings (SSSR count). The summed E-state index contributed by atoms with van der Waals surface area (Å²) in [6.45, 7) is 2.30. The van der Waals surface area contributed by atoms with Gasteiger partial charge < -0.3 is 10.1 Å². The fourth-order valence-corrected chi connectivity index (χ4v) is 3.23. The zero-order chi connectivity index (χ0) is 12.1. The van der Waals surface area contributed by atoms with Crippen molar-refractivity contribution in [2.45, 2.75) is 25.7 Å². The molecule has 98 valence electrons. The first-order valence-electron chi connectivity index (χ1n) is 6.57. The van der Waals surface area contributed by atoms with Gasteiger partial charge in [0, 0.05) is 20.2 Å². The van der Waals surface area contributed by atoms with Crippen molar-refractivity contribution >= 4 is 5.96 Å². The van der Waals surface area contributed by atoms with Crippen LogP contribution in [-0.2, 0) is 4.74 Å². The predicted octanol–water partition coefficient (Wildman–Crippen LogP) is 0.478. The smallest absolute Gasteiger partial charge is 0.205 e. The topological polar surface area (TPSA) is 71.7 Å². The van der Waals surface area contributed by atoms with Crippen molar-refractivity contribution in [2.75, 3.05) is 26.8 Å². The monoisotopic (exact) mass is 240 g/mol. The Morgan fingerprint density at radius 1 is 1.41 bits per heavy atom. The van der Waals surface area contributed by atoms with Crippen LogP contribution in [0.3, 0.4) is 0 Å². The van der Waals surface area contributed by atoms with Gasteiger partial charge in [-0.3, -0.25) is 10.4 Å². The van der Waals surface area contributed by atoms with E-state index in [4.69, 9.17) is 10.6 Å². The number of fused-ring (bicyclic) bond motifs is 2. The molecule has 2 aliphatic rings. The lowest BCUT2D eigenvalue weighted by Gasteiger charge is -2.20. The van der Waals surface area contributed by atoms with E-state index in [2.05, 4.69) is 15.7 Å². The zero-order valence-corrected chi connectivity index (χ0v) is 10.6. The number of rotatable bonds is 5. The molecular formula is C12H24N4O. The van der Waals surface area contributed by atoms with Gasteiger partial charge in [-0.05, 0) is 37.0 Å². The summed E-state index contributed by atoms with van der Waals surface area (Å²) in [6, 6.07) is 0. The van der Waals surface area contributed by atoms with Gasteiger partial charge >= 0.3 is 0 Å². The molecule has 0 aliphatic heterocycles. The third-order valence-electron chi connectivity index (χ3n) is 4.10. The third kappa shape index (κ3) is 3.33. The first-order chi connectivity index (χ1) is 8.33. The molecule has 17 heavy (non-hydrogen) atoms. The van der Waals surface area contributed by atoms with E-state index in [1.54, 1.807) is 7.11 Å². The van der Waals surface area contributed by atoms with Crippen molar-refractivity contribution in [1.29, 1.82) is 0 Å². The van der Waals surface area contributed by atoms with Gasteiger partial charge in [-0.15, -0.1) is 0 Å². The zero-order valence-electron chi connectivity index (χ0n) is 10.6. The van der Waals surface area contributed by atoms with Crippen LogP contribution in [0, 0.1) is 17.8 Å². The van der Waals surface area contributed by atoms with E-state index < -0.39 is 0 Å². The number of ether oxygens (including phenoxy) is 1. The SMILES string of the molecule is COCCNC(=NCC1CC2CCC1C2)NN. The van der Waals surface area contributed by atoms with E-state index in [1.807, 2.05) is 0 Å². The van der Waals surface area contributed by atoms with E-state index in [-0.39, 0.29) is 0 Å². The number of hydrogen-bond acceptors (Lipinski definition) is 3. The van der Waals surface area contributed by atoms with Gasteiger partial charge in [-0.2, -0.15) is 0 Å². The highest BCUT2D eigenvalue weighted by atomic mass is 16.5. The van der Waals surface area contributed by atoms with Crippen LogP contribution in [0.25, 0.3) is 0 Å². The second-order valence-corrected chi connectivity index (χ2v) is 5.19. The summed E-state index contributed by atoms with van der Waals surface area (Å²) in [5.74, 6) is 8.80. The summed E-state index contributed by atoms with van der Waals surface area (Å²) in [5, 5.41) is 3.13. The third-order valence-corrected chi connectivity index (χ3v) is 4.10. The molecule has 5 heteroatoms. The maximum absolute atomic E-state index is 5.43. The van der Waals surface area contributed by atoms with Gasteiger partial charge in [-0.25, -0.2) is 5.84 Å². The highest BCUT2D eigenvalue weighted by Gasteiger charge is 2.39. The summed E-state index contributed by atoms with van der Waals surface area (Å²) in [6.07, 6.45) is 5.65. The normalized spacial score (nSPS) is 31.9. The Hall–Kier alpha value is -0.810. The first kappa shape index (κ1) is 12.6. The molecule has 0 aromatic rings. The van der Waals surface area contributed by atoms with Crippen molar-refractivity contribution in [2.24, 2.45) is 28.6 Å². The maximum Gasteiger partial charge on any atom is 0.205 e. The molecule has 5 nitrogen and oxygen atoms in total. The summed E-state index contributed by atoms with van der Waals surface area (Å²) in [5.41, 5.74) is 2.61. The Morgan fingerprint density at radius 2 is 2.29 bits per heavy atom. The number of methoxy groups -OCH3 is 1. The number of hydrazine groups is 1. The number of nitrogens with one attached hydrogen (secondary N) is 2. The molecule has 0 aromatic heterocycles. The Kier molecular flexibility index (Phi) is 4.62. The minimum Gasteiger partial charge on any atom is -0.383 e. The van der Waals surface area contributed by atoms with Crippen LogP contribution in [0.1, 0.15) is 25.7 Å². The van der Waals surface area contributed by atoms with Crippen molar-refractivity contribution in [3.8, 4) is 0 Å². The number of nitrogens with zero attached hydrogens (tertiary/aromatic N) is 1. The van der Waals surface area contributed by atoms with Crippen molar-refractivity contribution in [3.63, 3.8) is 0 Å². The lowest BCUT2D eigenvalue weighted by atomic mass is 9.89. The van der Waals surface area contributed by atoms with Gasteiger partial charge in [0.1, 0.15) is 0 Å². The van der Waals surface area contributed by atoms with Gasteiger partial charge in [0.05, 0.1) is 6.61 Å². The lowest BCUT2D eigenvalue weighted by molar-refractivity contribution is 0.203. The van der Waals surface area contributed by atoms with Gasteiger partial charge in [0.15, 0.2) is 0 Å². The van der Waals surface area contributed by atoms with E-state index in [0.29, 0.717) is 12.6 Å². The molecule has 0 amide bonds. The molecule has 2 bridgehead atoms. The quantitative estimate of drug-likeness (QED) is 0.215. The number of guanidine groups is 1. The van der Waals surface area contributed by atoms with E-state index in [9.17, 15) is 0 Å². The van der Waals surface area contributed by atoms with Crippen LogP contribution in [0.5, 0.6) is 0 Å². The van der Waals surface area contributed by atoms with E-state index >= 15 is 0 Å². The van der Waals surface area contributed by atoms with Gasteiger partial charge in [0.25, 0.3) is 0 Å². The van der Waals surface area contributed by atoms with Crippen molar-refractivity contribution < 1.29 is 4.74 Å². The first-order valence-corrected chi connectivity index (χ1v) is 6.57. The lowest BCUT2D eigenvalue weighted by Crippen LogP contribution is -2.43. The predicted molar refractivity (Wildman–Crippen MR) is 68.4 cm³/mol. The van der Waals surface area contributed by atoms with Crippen LogP contribution >= 0.6 is 0 Å². The second-order valence-electron chi connectivity index (χ2n) is 5.19. The van der Waals surface area contributed by atoms with Crippen LogP contribution in [0.4, 0.5) is 0 Å². The van der Waals surface area contributed by atoms with Crippen LogP contribution in [0.15, 0.2) is 4.99 Å². The summed E-state index contributed by atoms with van der Waals surface area (Å²) in [4.78, 5) is 4.53. The molecule has 2 aliphatic carbocycles. The van der Waals surface area contributed by atoms with Crippen molar-refractivity contribution in [3.05, 3.63) is 0 Å². The Morgan fingerprint density at radius 3 is 2.88 bits per heavy atom. The molecule has 2 saturated carbocycles. The molecule has 0 radical (unpaired) electrons. The highest BCUT2D eigenvalue weighted by molar-refractivity contribution is 5.79. The van der Waals surface area contributed by atoms with Gasteiger partial charge in [-0.1, -0.05) is 6.42 Å².